The normalized spacial score (nSPS) is 11.1. The van der Waals surface area contributed by atoms with Gasteiger partial charge in [0.25, 0.3) is 0 Å². The summed E-state index contributed by atoms with van der Waals surface area (Å²) in [6.45, 7) is 0. The Kier molecular flexibility index (Phi) is 2.68. The van der Waals surface area contributed by atoms with Crippen LogP contribution >= 0.6 is 0 Å². The molecule has 0 spiro atoms. The smallest absolute Gasteiger partial charge is 0.199 e. The highest BCUT2D eigenvalue weighted by atomic mass is 32.2. The third kappa shape index (κ3) is 5.62. The molecule has 0 unspecified atom stereocenters. The third-order valence-electron chi connectivity index (χ3n) is 0.575. The summed E-state index contributed by atoms with van der Waals surface area (Å²) in [5, 5.41) is 0. The molecule has 4 heteroatoms. The monoisotopic (exact) mass is 135 g/mol. The zero-order valence-corrected chi connectivity index (χ0v) is 5.36. The van der Waals surface area contributed by atoms with Gasteiger partial charge in [0.05, 0.1) is 5.75 Å². The molecule has 47 valence electrons. The maximum Gasteiger partial charge on any atom is 0.199 e. The van der Waals surface area contributed by atoms with Crippen molar-refractivity contribution in [1.29, 1.82) is 0 Å². The minimum Gasteiger partial charge on any atom is -0.291 e. The van der Waals surface area contributed by atoms with Crippen LogP contribution in [0.5, 0.6) is 0 Å². The largest absolute Gasteiger partial charge is 0.291 e. The number of sulfone groups is 1. The lowest BCUT2D eigenvalue weighted by Crippen LogP contribution is -2.02. The molecule has 0 aromatic heterocycles. The molecule has 0 aliphatic rings. The minimum absolute atomic E-state index is 0.0150. The number of hydrogen-bond donors (Lipinski definition) is 0. The van der Waals surface area contributed by atoms with Crippen LogP contribution in [-0.4, -0.2) is 26.7 Å². The van der Waals surface area contributed by atoms with Crippen molar-refractivity contribution >= 4 is 16.1 Å². The van der Waals surface area contributed by atoms with Crippen molar-refractivity contribution in [2.75, 3.05) is 12.0 Å². The molecule has 0 heterocycles. The molecule has 0 saturated heterocycles. The van der Waals surface area contributed by atoms with E-state index in [2.05, 4.69) is 0 Å². The average molecular weight is 135 g/mol. The van der Waals surface area contributed by atoms with Crippen molar-refractivity contribution in [3.63, 3.8) is 0 Å². The lowest BCUT2D eigenvalue weighted by Gasteiger charge is -1.86. The van der Waals surface area contributed by atoms with Gasteiger partial charge in [0.15, 0.2) is 6.29 Å². The van der Waals surface area contributed by atoms with E-state index in [9.17, 15) is 13.2 Å². The molecule has 8 heavy (non-hydrogen) atoms. The Balaban J connectivity index is 3.57. The van der Waals surface area contributed by atoms with Gasteiger partial charge in [-0.15, -0.1) is 0 Å². The van der Waals surface area contributed by atoms with Gasteiger partial charge in [0.2, 0.25) is 0 Å². The molecule has 0 aromatic carbocycles. The standard InChI is InChI=1S/C4H7O3S/c1-8(6,7)4-2-3-5/h2,4H2,1H3. The van der Waals surface area contributed by atoms with Crippen LogP contribution in [-0.2, 0) is 14.6 Å². The lowest BCUT2D eigenvalue weighted by molar-refractivity contribution is 0.552. The van der Waals surface area contributed by atoms with Crippen LogP contribution in [0.2, 0.25) is 0 Å². The van der Waals surface area contributed by atoms with Gasteiger partial charge >= 0.3 is 0 Å². The molecule has 0 fully saturated rings. The number of carbonyl (C=O) groups excluding carboxylic acids is 1. The Labute approximate surface area is 48.6 Å². The van der Waals surface area contributed by atoms with Crippen molar-refractivity contribution in [2.45, 2.75) is 6.42 Å². The fourth-order valence-corrected chi connectivity index (χ4v) is 0.681. The first-order valence-electron chi connectivity index (χ1n) is 2.09. The zero-order chi connectivity index (χ0) is 6.62. The van der Waals surface area contributed by atoms with Gasteiger partial charge in [0.1, 0.15) is 9.84 Å². The van der Waals surface area contributed by atoms with Crippen LogP contribution in [0.4, 0.5) is 0 Å². The summed E-state index contributed by atoms with van der Waals surface area (Å²) in [6, 6.07) is 0. The average Bonchev–Trinajstić information content (AvgIpc) is 1.59. The molecule has 3 nitrogen and oxygen atoms in total. The molecule has 0 amide bonds. The fraction of sp³-hybridized carbons (Fsp3) is 0.750. The summed E-state index contributed by atoms with van der Waals surface area (Å²) in [5.41, 5.74) is 0. The van der Waals surface area contributed by atoms with E-state index >= 15 is 0 Å². The molecular formula is C4H7O3S. The first-order chi connectivity index (χ1) is 3.56. The predicted molar refractivity (Wildman–Crippen MR) is 30.0 cm³/mol. The van der Waals surface area contributed by atoms with Gasteiger partial charge in [0, 0.05) is 12.7 Å². The summed E-state index contributed by atoms with van der Waals surface area (Å²) in [6.07, 6.45) is 2.57. The molecule has 0 bridgehead atoms. The van der Waals surface area contributed by atoms with Crippen LogP contribution in [0.1, 0.15) is 6.42 Å². The van der Waals surface area contributed by atoms with Gasteiger partial charge in [-0.25, -0.2) is 8.42 Å². The number of hydrogen-bond acceptors (Lipinski definition) is 3. The van der Waals surface area contributed by atoms with E-state index in [1.807, 2.05) is 0 Å². The third-order valence-corrected chi connectivity index (χ3v) is 1.52. The SMILES string of the molecule is CS(=O)(=O)CC[C]=O. The second-order valence-electron chi connectivity index (χ2n) is 1.52. The van der Waals surface area contributed by atoms with E-state index in [4.69, 9.17) is 0 Å². The van der Waals surface area contributed by atoms with Gasteiger partial charge in [-0.3, -0.25) is 4.79 Å². The van der Waals surface area contributed by atoms with E-state index < -0.39 is 9.84 Å². The van der Waals surface area contributed by atoms with Crippen molar-refractivity contribution < 1.29 is 13.2 Å². The van der Waals surface area contributed by atoms with Gasteiger partial charge in [-0.2, -0.15) is 0 Å². The maximum atomic E-state index is 10.2. The highest BCUT2D eigenvalue weighted by Crippen LogP contribution is 1.83. The quantitative estimate of drug-likeness (QED) is 0.525. The molecule has 0 aromatic rings. The van der Waals surface area contributed by atoms with Crippen molar-refractivity contribution in [2.24, 2.45) is 0 Å². The molecule has 0 atom stereocenters. The summed E-state index contributed by atoms with van der Waals surface area (Å²) in [5.74, 6) is -0.0868. The molecule has 0 N–H and O–H groups in total. The fourth-order valence-electron chi connectivity index (χ4n) is 0.227. The lowest BCUT2D eigenvalue weighted by atomic mass is 10.6. The molecule has 1 radical (unpaired) electrons. The highest BCUT2D eigenvalue weighted by Gasteiger charge is 1.98. The first-order valence-corrected chi connectivity index (χ1v) is 4.15. The van der Waals surface area contributed by atoms with Crippen LogP contribution in [0.3, 0.4) is 0 Å². The predicted octanol–water partition coefficient (Wildman–Crippen LogP) is -0.469. The summed E-state index contributed by atoms with van der Waals surface area (Å²) in [7, 11) is -2.95. The van der Waals surface area contributed by atoms with E-state index in [1.165, 1.54) is 6.29 Å². The Morgan fingerprint density at radius 3 is 2.12 bits per heavy atom. The second kappa shape index (κ2) is 2.81. The van der Waals surface area contributed by atoms with Crippen LogP contribution in [0.15, 0.2) is 0 Å². The second-order valence-corrected chi connectivity index (χ2v) is 3.78. The molecule has 0 rings (SSSR count). The van der Waals surface area contributed by atoms with Gasteiger partial charge in [-0.05, 0) is 0 Å². The van der Waals surface area contributed by atoms with Gasteiger partial charge < -0.3 is 0 Å². The summed E-state index contributed by atoms with van der Waals surface area (Å²) in [4.78, 5) is 9.46. The number of rotatable bonds is 3. The Bertz CT molecular complexity index is 156. The topological polar surface area (TPSA) is 51.2 Å². The summed E-state index contributed by atoms with van der Waals surface area (Å²) >= 11 is 0. The Hall–Kier alpha value is -0.380. The first kappa shape index (κ1) is 7.62. The van der Waals surface area contributed by atoms with Crippen molar-refractivity contribution in [1.82, 2.24) is 0 Å². The molecular weight excluding hydrogens is 128 g/mol. The van der Waals surface area contributed by atoms with Crippen LogP contribution in [0, 0.1) is 0 Å². The van der Waals surface area contributed by atoms with E-state index in [1.54, 1.807) is 0 Å². The van der Waals surface area contributed by atoms with Crippen molar-refractivity contribution in [3.8, 4) is 0 Å². The van der Waals surface area contributed by atoms with Crippen molar-refractivity contribution in [3.05, 3.63) is 0 Å². The Morgan fingerprint density at radius 1 is 1.50 bits per heavy atom. The van der Waals surface area contributed by atoms with E-state index in [0.29, 0.717) is 0 Å². The summed E-state index contributed by atoms with van der Waals surface area (Å²) < 4.78 is 20.4. The van der Waals surface area contributed by atoms with Gasteiger partial charge in [-0.1, -0.05) is 0 Å². The van der Waals surface area contributed by atoms with Crippen LogP contribution < -0.4 is 0 Å². The Morgan fingerprint density at radius 2 is 2.00 bits per heavy atom. The molecule has 0 saturated carbocycles. The minimum atomic E-state index is -2.95. The van der Waals surface area contributed by atoms with E-state index in [0.717, 1.165) is 6.26 Å². The highest BCUT2D eigenvalue weighted by molar-refractivity contribution is 7.90. The maximum absolute atomic E-state index is 10.2. The molecule has 0 aliphatic carbocycles. The van der Waals surface area contributed by atoms with Crippen LogP contribution in [0.25, 0.3) is 0 Å². The zero-order valence-electron chi connectivity index (χ0n) is 4.55. The molecule has 0 aliphatic heterocycles. The van der Waals surface area contributed by atoms with E-state index in [-0.39, 0.29) is 12.2 Å².